The van der Waals surface area contributed by atoms with Crippen molar-refractivity contribution in [2.24, 2.45) is 0 Å². The van der Waals surface area contributed by atoms with E-state index in [1.807, 2.05) is 13.2 Å². The summed E-state index contributed by atoms with van der Waals surface area (Å²) in [4.78, 5) is 29.2. The second-order valence-corrected chi connectivity index (χ2v) is 5.55. The van der Waals surface area contributed by atoms with Gasteiger partial charge in [0.2, 0.25) is 5.89 Å². The molecule has 3 amide bonds. The number of imide groups is 1. The molecule has 2 rings (SSSR count). The first-order chi connectivity index (χ1) is 9.65. The van der Waals surface area contributed by atoms with Crippen LogP contribution in [0, 0.1) is 0 Å². The van der Waals surface area contributed by atoms with E-state index in [4.69, 9.17) is 4.52 Å². The number of amides is 3. The van der Waals surface area contributed by atoms with Crippen molar-refractivity contribution in [2.75, 3.05) is 12.0 Å². The summed E-state index contributed by atoms with van der Waals surface area (Å²) < 4.78 is 5.05. The van der Waals surface area contributed by atoms with E-state index in [-0.39, 0.29) is 12.5 Å². The van der Waals surface area contributed by atoms with E-state index in [9.17, 15) is 9.59 Å². The summed E-state index contributed by atoms with van der Waals surface area (Å²) in [6, 6.07) is -0.829. The van der Waals surface area contributed by atoms with E-state index in [1.54, 1.807) is 11.8 Å². The van der Waals surface area contributed by atoms with Crippen LogP contribution in [0.5, 0.6) is 0 Å². The largest absolute Gasteiger partial charge is 0.337 e. The van der Waals surface area contributed by atoms with Gasteiger partial charge in [0.25, 0.3) is 5.91 Å². The maximum Gasteiger partial charge on any atom is 0.325 e. The standard InChI is InChI=1S/C12H18N4O3S/c1-3-4-9-14-10(19-15-9)7-16-11(17)8(5-6-20-2)13-12(16)18/h8H,3-7H2,1-2H3,(H,13,18). The van der Waals surface area contributed by atoms with Gasteiger partial charge in [-0.1, -0.05) is 12.1 Å². The Balaban J connectivity index is 1.97. The van der Waals surface area contributed by atoms with Crippen LogP contribution in [0.2, 0.25) is 0 Å². The molecule has 1 aliphatic rings. The molecule has 8 heteroatoms. The summed E-state index contributed by atoms with van der Waals surface area (Å²) in [6.07, 6.45) is 4.23. The Kier molecular flexibility index (Phi) is 4.99. The van der Waals surface area contributed by atoms with Gasteiger partial charge in [0.15, 0.2) is 5.82 Å². The average Bonchev–Trinajstić information content (AvgIpc) is 2.97. The number of carbonyl (C=O) groups is 2. The topological polar surface area (TPSA) is 88.3 Å². The minimum atomic E-state index is -0.437. The van der Waals surface area contributed by atoms with Crippen LogP contribution in [0.15, 0.2) is 4.52 Å². The second kappa shape index (κ2) is 6.74. The molecular weight excluding hydrogens is 280 g/mol. The smallest absolute Gasteiger partial charge is 0.325 e. The summed E-state index contributed by atoms with van der Waals surface area (Å²) in [5.41, 5.74) is 0. The number of nitrogens with zero attached hydrogens (tertiary/aromatic N) is 3. The van der Waals surface area contributed by atoms with Crippen LogP contribution in [0.1, 0.15) is 31.5 Å². The number of aromatic nitrogens is 2. The Morgan fingerprint density at radius 3 is 2.95 bits per heavy atom. The number of carbonyl (C=O) groups excluding carboxylic acids is 2. The number of hydrogen-bond acceptors (Lipinski definition) is 6. The highest BCUT2D eigenvalue weighted by Gasteiger charge is 2.38. The molecule has 7 nitrogen and oxygen atoms in total. The van der Waals surface area contributed by atoms with Crippen LogP contribution in [-0.2, 0) is 17.8 Å². The molecule has 1 N–H and O–H groups in total. The lowest BCUT2D eigenvalue weighted by molar-refractivity contribution is -0.128. The van der Waals surface area contributed by atoms with Crippen molar-refractivity contribution in [3.63, 3.8) is 0 Å². The molecule has 20 heavy (non-hydrogen) atoms. The Morgan fingerprint density at radius 2 is 2.25 bits per heavy atom. The van der Waals surface area contributed by atoms with E-state index in [0.717, 1.165) is 23.5 Å². The number of urea groups is 1. The van der Waals surface area contributed by atoms with Crippen LogP contribution in [-0.4, -0.2) is 45.0 Å². The van der Waals surface area contributed by atoms with Crippen LogP contribution < -0.4 is 5.32 Å². The summed E-state index contributed by atoms with van der Waals surface area (Å²) in [5.74, 6) is 1.50. The van der Waals surface area contributed by atoms with Crippen molar-refractivity contribution in [2.45, 2.75) is 38.8 Å². The lowest BCUT2D eigenvalue weighted by atomic mass is 10.2. The van der Waals surface area contributed by atoms with Gasteiger partial charge in [-0.25, -0.2) is 4.79 Å². The molecule has 1 atom stereocenters. The van der Waals surface area contributed by atoms with E-state index in [0.29, 0.717) is 18.1 Å². The van der Waals surface area contributed by atoms with Gasteiger partial charge in [0.05, 0.1) is 0 Å². The normalized spacial score (nSPS) is 18.7. The molecular formula is C12H18N4O3S. The molecule has 2 heterocycles. The third-order valence-electron chi connectivity index (χ3n) is 2.99. The number of nitrogens with one attached hydrogen (secondary N) is 1. The molecule has 1 saturated heterocycles. The van der Waals surface area contributed by atoms with Gasteiger partial charge in [-0.15, -0.1) is 0 Å². The molecule has 1 aromatic heterocycles. The molecule has 0 aromatic carbocycles. The Hall–Kier alpha value is -1.57. The lowest BCUT2D eigenvalue weighted by Crippen LogP contribution is -2.31. The van der Waals surface area contributed by atoms with Crippen molar-refractivity contribution in [1.29, 1.82) is 0 Å². The number of aryl methyl sites for hydroxylation is 1. The highest BCUT2D eigenvalue weighted by molar-refractivity contribution is 7.98. The van der Waals surface area contributed by atoms with Crippen molar-refractivity contribution in [3.8, 4) is 0 Å². The maximum absolute atomic E-state index is 12.1. The van der Waals surface area contributed by atoms with Gasteiger partial charge in [-0.3, -0.25) is 9.69 Å². The molecule has 1 aliphatic heterocycles. The lowest BCUT2D eigenvalue weighted by Gasteiger charge is -2.09. The highest BCUT2D eigenvalue weighted by Crippen LogP contribution is 2.14. The highest BCUT2D eigenvalue weighted by atomic mass is 32.2. The summed E-state index contributed by atoms with van der Waals surface area (Å²) in [7, 11) is 0. The zero-order valence-corrected chi connectivity index (χ0v) is 12.4. The zero-order valence-electron chi connectivity index (χ0n) is 11.6. The fourth-order valence-electron chi connectivity index (χ4n) is 1.97. The summed E-state index contributed by atoms with van der Waals surface area (Å²) >= 11 is 1.64. The van der Waals surface area contributed by atoms with Gasteiger partial charge in [0, 0.05) is 6.42 Å². The quantitative estimate of drug-likeness (QED) is 0.761. The first-order valence-electron chi connectivity index (χ1n) is 6.58. The molecule has 110 valence electrons. The molecule has 1 unspecified atom stereocenters. The monoisotopic (exact) mass is 298 g/mol. The van der Waals surface area contributed by atoms with Crippen LogP contribution >= 0.6 is 11.8 Å². The van der Waals surface area contributed by atoms with Crippen molar-refractivity contribution in [1.82, 2.24) is 20.4 Å². The van der Waals surface area contributed by atoms with E-state index in [2.05, 4.69) is 15.5 Å². The number of rotatable bonds is 7. The van der Waals surface area contributed by atoms with E-state index >= 15 is 0 Å². The van der Waals surface area contributed by atoms with Gasteiger partial charge >= 0.3 is 6.03 Å². The predicted molar refractivity (Wildman–Crippen MR) is 74.2 cm³/mol. The van der Waals surface area contributed by atoms with E-state index < -0.39 is 12.1 Å². The van der Waals surface area contributed by atoms with Crippen LogP contribution in [0.4, 0.5) is 4.79 Å². The molecule has 0 saturated carbocycles. The number of hydrogen-bond donors (Lipinski definition) is 1. The van der Waals surface area contributed by atoms with Gasteiger partial charge in [-0.2, -0.15) is 16.7 Å². The van der Waals surface area contributed by atoms with Crippen LogP contribution in [0.25, 0.3) is 0 Å². The second-order valence-electron chi connectivity index (χ2n) is 4.56. The first-order valence-corrected chi connectivity index (χ1v) is 7.97. The molecule has 1 aromatic rings. The van der Waals surface area contributed by atoms with Crippen molar-refractivity contribution in [3.05, 3.63) is 11.7 Å². The molecule has 1 fully saturated rings. The van der Waals surface area contributed by atoms with Crippen molar-refractivity contribution >= 4 is 23.7 Å². The third-order valence-corrected chi connectivity index (χ3v) is 3.64. The fourth-order valence-corrected chi connectivity index (χ4v) is 2.44. The molecule has 0 bridgehead atoms. The molecule has 0 spiro atoms. The SMILES string of the molecule is CCCc1noc(CN2C(=O)NC(CCSC)C2=O)n1. The predicted octanol–water partition coefficient (Wildman–Crippen LogP) is 1.20. The summed E-state index contributed by atoms with van der Waals surface area (Å²) in [6.45, 7) is 2.06. The van der Waals surface area contributed by atoms with Crippen molar-refractivity contribution < 1.29 is 14.1 Å². The van der Waals surface area contributed by atoms with Crippen LogP contribution in [0.3, 0.4) is 0 Å². The molecule has 0 radical (unpaired) electrons. The Bertz CT molecular complexity index is 491. The minimum Gasteiger partial charge on any atom is -0.337 e. The zero-order chi connectivity index (χ0) is 14.5. The van der Waals surface area contributed by atoms with Gasteiger partial charge < -0.3 is 9.84 Å². The van der Waals surface area contributed by atoms with E-state index in [1.165, 1.54) is 0 Å². The van der Waals surface area contributed by atoms with Gasteiger partial charge in [0.1, 0.15) is 12.6 Å². The third kappa shape index (κ3) is 3.30. The fraction of sp³-hybridized carbons (Fsp3) is 0.667. The number of thioether (sulfide) groups is 1. The average molecular weight is 298 g/mol. The Morgan fingerprint density at radius 1 is 1.45 bits per heavy atom. The maximum atomic E-state index is 12.1. The molecule has 0 aliphatic carbocycles. The Labute approximate surface area is 121 Å². The minimum absolute atomic E-state index is 0.0388. The first kappa shape index (κ1) is 14.8. The summed E-state index contributed by atoms with van der Waals surface area (Å²) in [5, 5.41) is 6.48. The van der Waals surface area contributed by atoms with Gasteiger partial charge in [-0.05, 0) is 24.9 Å².